The number of sulfone groups is 1. The number of aromatic nitrogens is 1. The van der Waals surface area contributed by atoms with Crippen molar-refractivity contribution < 1.29 is 22.7 Å². The predicted molar refractivity (Wildman–Crippen MR) is 128 cm³/mol. The minimum absolute atomic E-state index is 0.0152. The lowest BCUT2D eigenvalue weighted by Gasteiger charge is -2.45. The monoisotopic (exact) mass is 478 g/mol. The van der Waals surface area contributed by atoms with E-state index in [0.29, 0.717) is 42.8 Å². The molecule has 2 aromatic carbocycles. The van der Waals surface area contributed by atoms with Gasteiger partial charge in [0.05, 0.1) is 22.0 Å². The highest BCUT2D eigenvalue weighted by Gasteiger charge is 2.45. The van der Waals surface area contributed by atoms with Gasteiger partial charge in [0.15, 0.2) is 21.2 Å². The summed E-state index contributed by atoms with van der Waals surface area (Å²) in [5.41, 5.74) is 2.79. The summed E-state index contributed by atoms with van der Waals surface area (Å²) in [5.74, 6) is 0.577. The lowest BCUT2D eigenvalue weighted by atomic mass is 9.86. The van der Waals surface area contributed by atoms with Crippen LogP contribution in [0.4, 0.5) is 0 Å². The number of likely N-dealkylation sites (tertiary alicyclic amines) is 1. The first kappa shape index (κ1) is 22.4. The normalized spacial score (nSPS) is 16.5. The quantitative estimate of drug-likeness (QED) is 0.533. The molecule has 2 aliphatic rings. The Balaban J connectivity index is 1.43. The van der Waals surface area contributed by atoms with Gasteiger partial charge in [-0.15, -0.1) is 0 Å². The molecule has 8 heteroatoms. The zero-order valence-corrected chi connectivity index (χ0v) is 20.2. The van der Waals surface area contributed by atoms with E-state index in [1.165, 1.54) is 6.07 Å². The lowest BCUT2D eigenvalue weighted by molar-refractivity contribution is -0.00942. The highest BCUT2D eigenvalue weighted by atomic mass is 32.2. The summed E-state index contributed by atoms with van der Waals surface area (Å²) in [5, 5.41) is 0. The summed E-state index contributed by atoms with van der Waals surface area (Å²) in [6, 6.07) is 16.2. The maximum atomic E-state index is 13.2. The summed E-state index contributed by atoms with van der Waals surface area (Å²) in [7, 11) is -3.34. The molecule has 1 spiro atoms. The second kappa shape index (κ2) is 7.84. The summed E-state index contributed by atoms with van der Waals surface area (Å²) in [4.78, 5) is 27.5. The summed E-state index contributed by atoms with van der Waals surface area (Å²) < 4.78 is 32.4. The third kappa shape index (κ3) is 3.53. The number of fused-ring (bicyclic) bond motifs is 4. The van der Waals surface area contributed by atoms with Crippen molar-refractivity contribution in [1.82, 2.24) is 9.47 Å². The summed E-state index contributed by atoms with van der Waals surface area (Å²) in [6.07, 6.45) is 2.32. The number of amides is 1. The number of hydrogen-bond acceptors (Lipinski definition) is 5. The van der Waals surface area contributed by atoms with Crippen LogP contribution in [0.5, 0.6) is 5.75 Å². The van der Waals surface area contributed by atoms with Crippen LogP contribution in [0.2, 0.25) is 0 Å². The standard InChI is InChI=1S/C26H26N2O5S/c1-17-16-19(8-10-23(17)34(3,31)32)25(30)27-14-12-26(13-15-27)24-11-9-20(18(2)29)28(24)21-6-4-5-7-22(21)33-26/h4-11,16H,12-15H2,1-3H3. The number of ether oxygens (including phenoxy) is 1. The minimum atomic E-state index is -3.34. The molecule has 0 radical (unpaired) electrons. The van der Waals surface area contributed by atoms with Crippen molar-refractivity contribution in [3.63, 3.8) is 0 Å². The van der Waals surface area contributed by atoms with Gasteiger partial charge in [0.2, 0.25) is 0 Å². The maximum Gasteiger partial charge on any atom is 0.253 e. The molecule has 0 aliphatic carbocycles. The van der Waals surface area contributed by atoms with Crippen LogP contribution >= 0.6 is 0 Å². The van der Waals surface area contributed by atoms with Crippen LogP contribution in [0.3, 0.4) is 0 Å². The van der Waals surface area contributed by atoms with Crippen LogP contribution in [-0.2, 0) is 15.4 Å². The molecular weight excluding hydrogens is 452 g/mol. The van der Waals surface area contributed by atoms with Gasteiger partial charge in [-0.3, -0.25) is 9.59 Å². The van der Waals surface area contributed by atoms with Gasteiger partial charge < -0.3 is 14.2 Å². The largest absolute Gasteiger partial charge is 0.479 e. The second-order valence-corrected chi connectivity index (χ2v) is 11.1. The molecule has 0 unspecified atom stereocenters. The maximum absolute atomic E-state index is 13.2. The molecule has 5 rings (SSSR count). The molecule has 1 fully saturated rings. The minimum Gasteiger partial charge on any atom is -0.479 e. The van der Waals surface area contributed by atoms with Crippen LogP contribution in [-0.4, -0.2) is 48.9 Å². The van der Waals surface area contributed by atoms with E-state index in [2.05, 4.69) is 0 Å². The molecule has 0 saturated carbocycles. The molecule has 3 heterocycles. The highest BCUT2D eigenvalue weighted by Crippen LogP contribution is 2.46. The molecule has 34 heavy (non-hydrogen) atoms. The first-order chi connectivity index (χ1) is 16.1. The Morgan fingerprint density at radius 3 is 2.35 bits per heavy atom. The average molecular weight is 479 g/mol. The number of aryl methyl sites for hydroxylation is 1. The van der Waals surface area contributed by atoms with Crippen molar-refractivity contribution in [1.29, 1.82) is 0 Å². The first-order valence-electron chi connectivity index (χ1n) is 11.2. The van der Waals surface area contributed by atoms with Crippen molar-refractivity contribution in [2.45, 2.75) is 37.2 Å². The fourth-order valence-electron chi connectivity index (χ4n) is 5.13. The predicted octanol–water partition coefficient (Wildman–Crippen LogP) is 3.92. The Morgan fingerprint density at radius 1 is 1.00 bits per heavy atom. The smallest absolute Gasteiger partial charge is 0.253 e. The van der Waals surface area contributed by atoms with Crippen LogP contribution in [0.15, 0.2) is 59.5 Å². The average Bonchev–Trinajstić information content (AvgIpc) is 3.25. The van der Waals surface area contributed by atoms with Crippen LogP contribution in [0.1, 0.15) is 51.9 Å². The number of piperidine rings is 1. The van der Waals surface area contributed by atoms with E-state index in [0.717, 1.165) is 23.4 Å². The van der Waals surface area contributed by atoms with Crippen LogP contribution in [0, 0.1) is 6.92 Å². The molecule has 1 saturated heterocycles. The Bertz CT molecular complexity index is 1430. The van der Waals surface area contributed by atoms with Crippen molar-refractivity contribution in [2.24, 2.45) is 0 Å². The van der Waals surface area contributed by atoms with Gasteiger partial charge in [0.25, 0.3) is 5.91 Å². The first-order valence-corrected chi connectivity index (χ1v) is 13.1. The van der Waals surface area contributed by atoms with Crippen molar-refractivity contribution in [3.8, 4) is 11.4 Å². The number of carbonyl (C=O) groups excluding carboxylic acids is 2. The molecule has 0 N–H and O–H groups in total. The number of para-hydroxylation sites is 2. The fraction of sp³-hybridized carbons (Fsp3) is 0.308. The zero-order valence-electron chi connectivity index (χ0n) is 19.4. The van der Waals surface area contributed by atoms with E-state index < -0.39 is 15.4 Å². The van der Waals surface area contributed by atoms with Gasteiger partial charge in [0.1, 0.15) is 5.75 Å². The number of ketones is 1. The number of benzene rings is 2. The Morgan fingerprint density at radius 2 is 1.71 bits per heavy atom. The van der Waals surface area contributed by atoms with Crippen molar-refractivity contribution >= 4 is 21.5 Å². The van der Waals surface area contributed by atoms with Crippen molar-refractivity contribution in [3.05, 3.63) is 77.1 Å². The summed E-state index contributed by atoms with van der Waals surface area (Å²) in [6.45, 7) is 4.22. The number of carbonyl (C=O) groups is 2. The van der Waals surface area contributed by atoms with E-state index in [1.54, 1.807) is 30.9 Å². The number of nitrogens with zero attached hydrogens (tertiary/aromatic N) is 2. The number of rotatable bonds is 3. The number of Topliss-reactive ketones (excluding diaryl/α,β-unsaturated/α-hetero) is 1. The van der Waals surface area contributed by atoms with E-state index in [1.807, 2.05) is 41.0 Å². The van der Waals surface area contributed by atoms with Crippen LogP contribution in [0.25, 0.3) is 5.69 Å². The fourth-order valence-corrected chi connectivity index (χ4v) is 6.09. The van der Waals surface area contributed by atoms with Gasteiger partial charge in [-0.25, -0.2) is 8.42 Å². The molecule has 2 aliphatic heterocycles. The SMILES string of the molecule is CC(=O)c1ccc2n1-c1ccccc1OC21CCN(C(=O)c2ccc(S(C)(=O)=O)c(C)c2)CC1. The number of hydrogen-bond donors (Lipinski definition) is 0. The zero-order chi connectivity index (χ0) is 24.3. The van der Waals surface area contributed by atoms with Gasteiger partial charge in [0, 0.05) is 44.7 Å². The molecule has 1 aromatic heterocycles. The van der Waals surface area contributed by atoms with E-state index in [4.69, 9.17) is 4.74 Å². The summed E-state index contributed by atoms with van der Waals surface area (Å²) >= 11 is 0. The molecule has 176 valence electrons. The van der Waals surface area contributed by atoms with Gasteiger partial charge >= 0.3 is 0 Å². The Labute approximate surface area is 198 Å². The Hall–Kier alpha value is -3.39. The molecule has 3 aromatic rings. The third-order valence-corrected chi connectivity index (χ3v) is 8.06. The third-order valence-electron chi connectivity index (χ3n) is 6.80. The van der Waals surface area contributed by atoms with E-state index >= 15 is 0 Å². The van der Waals surface area contributed by atoms with E-state index in [9.17, 15) is 18.0 Å². The topological polar surface area (TPSA) is 85.7 Å². The van der Waals surface area contributed by atoms with Crippen LogP contribution < -0.4 is 4.74 Å². The lowest BCUT2D eigenvalue weighted by Crippen LogP contribution is -2.50. The van der Waals surface area contributed by atoms with Gasteiger partial charge in [-0.05, 0) is 55.0 Å². The second-order valence-electron chi connectivity index (χ2n) is 9.10. The molecule has 0 bridgehead atoms. The molecular formula is C26H26N2O5S. The van der Waals surface area contributed by atoms with Gasteiger partial charge in [-0.1, -0.05) is 12.1 Å². The molecule has 0 atom stereocenters. The molecule has 7 nitrogen and oxygen atoms in total. The Kier molecular flexibility index (Phi) is 5.16. The van der Waals surface area contributed by atoms with Crippen molar-refractivity contribution in [2.75, 3.05) is 19.3 Å². The van der Waals surface area contributed by atoms with Gasteiger partial charge in [-0.2, -0.15) is 0 Å². The highest BCUT2D eigenvalue weighted by molar-refractivity contribution is 7.90. The van der Waals surface area contributed by atoms with E-state index in [-0.39, 0.29) is 16.6 Å². The molecule has 1 amide bonds.